The number of primary amides is 1. The van der Waals surface area contributed by atoms with Crippen LogP contribution in [0.3, 0.4) is 0 Å². The molecule has 0 spiro atoms. The molecule has 5 nitrogen and oxygen atoms in total. The number of nitrogens with zero attached hydrogens (tertiary/aromatic N) is 1. The molecule has 0 unspecified atom stereocenters. The summed E-state index contributed by atoms with van der Waals surface area (Å²) < 4.78 is 5.68. The van der Waals surface area contributed by atoms with E-state index >= 15 is 0 Å². The third kappa shape index (κ3) is 5.63. The van der Waals surface area contributed by atoms with Crippen LogP contribution in [0.1, 0.15) is 25.7 Å². The molecule has 5 heteroatoms. The molecule has 1 aliphatic rings. The number of likely N-dealkylation sites (tertiary alicyclic amines) is 1. The number of anilines is 1. The minimum atomic E-state index is -0.176. The van der Waals surface area contributed by atoms with Gasteiger partial charge >= 0.3 is 0 Å². The zero-order valence-electron chi connectivity index (χ0n) is 12.5. The molecule has 0 saturated carbocycles. The standard InChI is InChI=1S/C16H25N3O2/c17-14-2-4-15(5-3-14)21-11-1-8-19-9-6-13(7-10-19)12-16(18)20/h2-5,13H,1,6-12,17H2,(H2,18,20). The van der Waals surface area contributed by atoms with Gasteiger partial charge in [0.05, 0.1) is 6.61 Å². The van der Waals surface area contributed by atoms with Crippen LogP contribution in [0.15, 0.2) is 24.3 Å². The van der Waals surface area contributed by atoms with Crippen LogP contribution in [0.4, 0.5) is 5.69 Å². The quantitative estimate of drug-likeness (QED) is 0.591. The van der Waals surface area contributed by atoms with Crippen molar-refractivity contribution in [2.45, 2.75) is 25.7 Å². The fourth-order valence-corrected chi connectivity index (χ4v) is 2.74. The number of benzene rings is 1. The molecule has 1 fully saturated rings. The van der Waals surface area contributed by atoms with Gasteiger partial charge in [-0.1, -0.05) is 0 Å². The van der Waals surface area contributed by atoms with Crippen molar-refractivity contribution in [3.05, 3.63) is 24.3 Å². The number of carbonyl (C=O) groups excluding carboxylic acids is 1. The van der Waals surface area contributed by atoms with Crippen molar-refractivity contribution in [3.63, 3.8) is 0 Å². The van der Waals surface area contributed by atoms with E-state index in [0.717, 1.165) is 50.3 Å². The van der Waals surface area contributed by atoms with Gasteiger partial charge in [0.1, 0.15) is 5.75 Å². The van der Waals surface area contributed by atoms with E-state index in [0.29, 0.717) is 18.9 Å². The molecule has 0 radical (unpaired) electrons. The number of piperidine rings is 1. The summed E-state index contributed by atoms with van der Waals surface area (Å²) in [7, 11) is 0. The molecule has 0 bridgehead atoms. The Hall–Kier alpha value is -1.75. The molecule has 0 aliphatic carbocycles. The number of hydrogen-bond donors (Lipinski definition) is 2. The molecule has 21 heavy (non-hydrogen) atoms. The highest BCUT2D eigenvalue weighted by atomic mass is 16.5. The van der Waals surface area contributed by atoms with E-state index in [1.165, 1.54) is 0 Å². The van der Waals surface area contributed by atoms with E-state index in [-0.39, 0.29) is 5.91 Å². The Morgan fingerprint density at radius 1 is 1.24 bits per heavy atom. The van der Waals surface area contributed by atoms with E-state index in [4.69, 9.17) is 16.2 Å². The molecule has 0 atom stereocenters. The average Bonchev–Trinajstić information content (AvgIpc) is 2.46. The van der Waals surface area contributed by atoms with Gasteiger partial charge in [0.25, 0.3) is 0 Å². The lowest BCUT2D eigenvalue weighted by Crippen LogP contribution is -2.36. The summed E-state index contributed by atoms with van der Waals surface area (Å²) in [5.74, 6) is 1.17. The Morgan fingerprint density at radius 2 is 1.90 bits per heavy atom. The van der Waals surface area contributed by atoms with Crippen molar-refractivity contribution >= 4 is 11.6 Å². The highest BCUT2D eigenvalue weighted by Crippen LogP contribution is 2.20. The summed E-state index contributed by atoms with van der Waals surface area (Å²) in [6.07, 6.45) is 3.68. The van der Waals surface area contributed by atoms with Crippen LogP contribution in [-0.4, -0.2) is 37.0 Å². The van der Waals surface area contributed by atoms with Crippen LogP contribution in [0.2, 0.25) is 0 Å². The second kappa shape index (κ2) is 7.88. The average molecular weight is 291 g/mol. The Balaban J connectivity index is 1.57. The highest BCUT2D eigenvalue weighted by Gasteiger charge is 2.20. The predicted molar refractivity (Wildman–Crippen MR) is 83.9 cm³/mol. The Kier molecular flexibility index (Phi) is 5.87. The van der Waals surface area contributed by atoms with E-state index in [9.17, 15) is 4.79 Å². The highest BCUT2D eigenvalue weighted by molar-refractivity contribution is 5.73. The summed E-state index contributed by atoms with van der Waals surface area (Å²) in [6.45, 7) is 3.86. The summed E-state index contributed by atoms with van der Waals surface area (Å²) >= 11 is 0. The van der Waals surface area contributed by atoms with E-state index in [1.807, 2.05) is 24.3 Å². The molecule has 1 aromatic rings. The normalized spacial score (nSPS) is 16.8. The Labute approximate surface area is 126 Å². The summed E-state index contributed by atoms with van der Waals surface area (Å²) in [5.41, 5.74) is 11.6. The molecule has 2 rings (SSSR count). The smallest absolute Gasteiger partial charge is 0.217 e. The fourth-order valence-electron chi connectivity index (χ4n) is 2.74. The van der Waals surface area contributed by atoms with Crippen LogP contribution in [0.25, 0.3) is 0 Å². The van der Waals surface area contributed by atoms with Crippen molar-refractivity contribution in [2.24, 2.45) is 11.7 Å². The zero-order chi connectivity index (χ0) is 15.1. The summed E-state index contributed by atoms with van der Waals surface area (Å²) in [4.78, 5) is 13.3. The van der Waals surface area contributed by atoms with Crippen molar-refractivity contribution < 1.29 is 9.53 Å². The first-order valence-electron chi connectivity index (χ1n) is 7.62. The fraction of sp³-hybridized carbons (Fsp3) is 0.562. The van der Waals surface area contributed by atoms with Gasteiger partial charge in [0, 0.05) is 18.7 Å². The predicted octanol–water partition coefficient (Wildman–Crippen LogP) is 1.63. The third-order valence-electron chi connectivity index (χ3n) is 3.96. The minimum absolute atomic E-state index is 0.176. The largest absolute Gasteiger partial charge is 0.494 e. The second-order valence-corrected chi connectivity index (χ2v) is 5.73. The maximum atomic E-state index is 10.9. The molecule has 1 aromatic carbocycles. The lowest BCUT2D eigenvalue weighted by molar-refractivity contribution is -0.119. The monoisotopic (exact) mass is 291 g/mol. The number of hydrogen-bond acceptors (Lipinski definition) is 4. The molecule has 1 aliphatic heterocycles. The maximum Gasteiger partial charge on any atom is 0.217 e. The van der Waals surface area contributed by atoms with Crippen molar-refractivity contribution in [3.8, 4) is 5.75 Å². The SMILES string of the molecule is NC(=O)CC1CCN(CCCOc2ccc(N)cc2)CC1. The first kappa shape index (κ1) is 15.6. The summed E-state index contributed by atoms with van der Waals surface area (Å²) in [6, 6.07) is 7.48. The van der Waals surface area contributed by atoms with Crippen LogP contribution in [0.5, 0.6) is 5.75 Å². The van der Waals surface area contributed by atoms with Gasteiger partial charge in [-0.15, -0.1) is 0 Å². The number of nitrogen functional groups attached to an aromatic ring is 1. The second-order valence-electron chi connectivity index (χ2n) is 5.73. The van der Waals surface area contributed by atoms with Crippen LogP contribution in [0, 0.1) is 5.92 Å². The first-order chi connectivity index (χ1) is 10.1. The van der Waals surface area contributed by atoms with Gasteiger partial charge in [-0.25, -0.2) is 0 Å². The van der Waals surface area contributed by atoms with Gasteiger partial charge in [0.2, 0.25) is 5.91 Å². The van der Waals surface area contributed by atoms with Crippen LogP contribution in [-0.2, 0) is 4.79 Å². The minimum Gasteiger partial charge on any atom is -0.494 e. The number of amides is 1. The van der Waals surface area contributed by atoms with Gasteiger partial charge in [0.15, 0.2) is 0 Å². The van der Waals surface area contributed by atoms with Gasteiger partial charge in [-0.3, -0.25) is 4.79 Å². The van der Waals surface area contributed by atoms with Crippen molar-refractivity contribution in [2.75, 3.05) is 32.0 Å². The molecular formula is C16H25N3O2. The van der Waals surface area contributed by atoms with Gasteiger partial charge in [-0.2, -0.15) is 0 Å². The zero-order valence-corrected chi connectivity index (χ0v) is 12.5. The van der Waals surface area contributed by atoms with Crippen molar-refractivity contribution in [1.82, 2.24) is 4.90 Å². The number of ether oxygens (including phenoxy) is 1. The molecule has 0 aromatic heterocycles. The van der Waals surface area contributed by atoms with E-state index in [1.54, 1.807) is 0 Å². The molecule has 1 saturated heterocycles. The number of rotatable bonds is 7. The lowest BCUT2D eigenvalue weighted by Gasteiger charge is -2.31. The third-order valence-corrected chi connectivity index (χ3v) is 3.96. The molecule has 116 valence electrons. The van der Waals surface area contributed by atoms with E-state index < -0.39 is 0 Å². The molecule has 1 heterocycles. The van der Waals surface area contributed by atoms with Crippen molar-refractivity contribution in [1.29, 1.82) is 0 Å². The Bertz CT molecular complexity index is 439. The van der Waals surface area contributed by atoms with Crippen LogP contribution >= 0.6 is 0 Å². The van der Waals surface area contributed by atoms with E-state index in [2.05, 4.69) is 4.90 Å². The molecule has 4 N–H and O–H groups in total. The Morgan fingerprint density at radius 3 is 2.52 bits per heavy atom. The lowest BCUT2D eigenvalue weighted by atomic mass is 9.93. The molecular weight excluding hydrogens is 266 g/mol. The maximum absolute atomic E-state index is 10.9. The first-order valence-corrected chi connectivity index (χ1v) is 7.62. The topological polar surface area (TPSA) is 81.6 Å². The van der Waals surface area contributed by atoms with Gasteiger partial charge < -0.3 is 21.1 Å². The number of nitrogens with two attached hydrogens (primary N) is 2. The molecule has 1 amide bonds. The van der Waals surface area contributed by atoms with Crippen LogP contribution < -0.4 is 16.2 Å². The number of carbonyl (C=O) groups is 1. The van der Waals surface area contributed by atoms with Gasteiger partial charge in [-0.05, 0) is 62.5 Å². The summed E-state index contributed by atoms with van der Waals surface area (Å²) in [5, 5.41) is 0.